The Morgan fingerprint density at radius 1 is 1.12 bits per heavy atom. The molecule has 1 aliphatic carbocycles. The van der Waals surface area contributed by atoms with Gasteiger partial charge in [-0.3, -0.25) is 4.79 Å². The summed E-state index contributed by atoms with van der Waals surface area (Å²) in [6.07, 6.45) is 1.97. The van der Waals surface area contributed by atoms with Gasteiger partial charge in [0, 0.05) is 12.6 Å². The van der Waals surface area contributed by atoms with E-state index in [1.807, 2.05) is 4.90 Å². The lowest BCUT2D eigenvalue weighted by atomic mass is 10.1. The number of ether oxygens (including phenoxy) is 2. The number of hydrogen-bond donors (Lipinski definition) is 0. The Morgan fingerprint density at radius 3 is 2.42 bits per heavy atom. The molecule has 0 saturated heterocycles. The average molecular weight is 329 g/mol. The number of hydrogen-bond acceptors (Lipinski definition) is 3. The van der Waals surface area contributed by atoms with Gasteiger partial charge in [0.2, 0.25) is 0 Å². The zero-order valence-corrected chi connectivity index (χ0v) is 13.8. The van der Waals surface area contributed by atoms with Gasteiger partial charge in [0.15, 0.2) is 0 Å². The monoisotopic (exact) mass is 329 g/mol. The molecule has 1 fully saturated rings. The zero-order valence-electron chi connectivity index (χ0n) is 13.8. The summed E-state index contributed by atoms with van der Waals surface area (Å²) in [4.78, 5) is 14.9. The highest BCUT2D eigenvalue weighted by molar-refractivity contribution is 5.97. The van der Waals surface area contributed by atoms with Crippen LogP contribution in [0.1, 0.15) is 28.8 Å². The second kappa shape index (κ2) is 6.91. The molecule has 0 N–H and O–H groups in total. The highest BCUT2D eigenvalue weighted by Gasteiger charge is 2.34. The number of carbonyl (C=O) groups is 1. The predicted molar refractivity (Wildman–Crippen MR) is 88.8 cm³/mol. The maximum Gasteiger partial charge on any atom is 0.258 e. The maximum absolute atomic E-state index is 13.1. The van der Waals surface area contributed by atoms with Crippen LogP contribution >= 0.6 is 0 Å². The van der Waals surface area contributed by atoms with E-state index in [9.17, 15) is 9.18 Å². The molecule has 0 aromatic heterocycles. The van der Waals surface area contributed by atoms with Crippen molar-refractivity contribution in [1.29, 1.82) is 0 Å². The fourth-order valence-electron chi connectivity index (χ4n) is 2.68. The first-order valence-corrected chi connectivity index (χ1v) is 7.90. The average Bonchev–Trinajstić information content (AvgIpc) is 3.45. The first-order valence-electron chi connectivity index (χ1n) is 7.90. The van der Waals surface area contributed by atoms with E-state index in [0.29, 0.717) is 23.6 Å². The van der Waals surface area contributed by atoms with Crippen molar-refractivity contribution in [3.05, 3.63) is 59.4 Å². The summed E-state index contributed by atoms with van der Waals surface area (Å²) in [5, 5.41) is 0. The van der Waals surface area contributed by atoms with Crippen molar-refractivity contribution in [3.8, 4) is 11.5 Å². The van der Waals surface area contributed by atoms with Gasteiger partial charge in [-0.1, -0.05) is 12.1 Å². The van der Waals surface area contributed by atoms with Gasteiger partial charge < -0.3 is 14.4 Å². The van der Waals surface area contributed by atoms with Gasteiger partial charge in [0.25, 0.3) is 5.91 Å². The van der Waals surface area contributed by atoms with E-state index >= 15 is 0 Å². The Hall–Kier alpha value is -2.56. The van der Waals surface area contributed by atoms with E-state index in [-0.39, 0.29) is 17.8 Å². The van der Waals surface area contributed by atoms with Crippen molar-refractivity contribution in [1.82, 2.24) is 4.90 Å². The van der Waals surface area contributed by atoms with Crippen LogP contribution in [0.25, 0.3) is 0 Å². The molecule has 0 aliphatic heterocycles. The normalized spacial score (nSPS) is 13.5. The van der Waals surface area contributed by atoms with Gasteiger partial charge in [0.1, 0.15) is 17.3 Å². The van der Waals surface area contributed by atoms with Crippen LogP contribution in [-0.2, 0) is 6.54 Å². The van der Waals surface area contributed by atoms with Crippen molar-refractivity contribution in [2.24, 2.45) is 0 Å². The van der Waals surface area contributed by atoms with Crippen molar-refractivity contribution in [2.75, 3.05) is 14.2 Å². The van der Waals surface area contributed by atoms with Gasteiger partial charge in [0.05, 0.1) is 19.8 Å². The van der Waals surface area contributed by atoms with Crippen LogP contribution in [0, 0.1) is 5.82 Å². The summed E-state index contributed by atoms with van der Waals surface area (Å²) in [7, 11) is 3.10. The predicted octanol–water partition coefficient (Wildman–Crippen LogP) is 3.65. The lowest BCUT2D eigenvalue weighted by Crippen LogP contribution is -2.32. The van der Waals surface area contributed by atoms with Crippen LogP contribution in [0.15, 0.2) is 42.5 Å². The third-order valence-electron chi connectivity index (χ3n) is 4.15. The van der Waals surface area contributed by atoms with E-state index in [2.05, 4.69) is 0 Å². The molecule has 2 aromatic carbocycles. The van der Waals surface area contributed by atoms with E-state index in [0.717, 1.165) is 18.4 Å². The van der Waals surface area contributed by atoms with Crippen molar-refractivity contribution < 1.29 is 18.7 Å². The molecule has 0 atom stereocenters. The Morgan fingerprint density at radius 2 is 1.83 bits per heavy atom. The van der Waals surface area contributed by atoms with Gasteiger partial charge in [-0.15, -0.1) is 0 Å². The highest BCUT2D eigenvalue weighted by atomic mass is 19.1. The van der Waals surface area contributed by atoms with Gasteiger partial charge in [-0.2, -0.15) is 0 Å². The number of rotatable bonds is 6. The molecule has 5 heteroatoms. The number of nitrogens with zero attached hydrogens (tertiary/aromatic N) is 1. The smallest absolute Gasteiger partial charge is 0.258 e. The number of methoxy groups -OCH3 is 2. The largest absolute Gasteiger partial charge is 0.497 e. The van der Waals surface area contributed by atoms with Gasteiger partial charge >= 0.3 is 0 Å². The van der Waals surface area contributed by atoms with Crippen LogP contribution in [0.4, 0.5) is 4.39 Å². The van der Waals surface area contributed by atoms with Gasteiger partial charge in [-0.25, -0.2) is 4.39 Å². The topological polar surface area (TPSA) is 38.8 Å². The standard InChI is InChI=1S/C19H20FNO3/c1-23-16-9-10-18(24-2)17(11-16)19(22)21(15-7-8-15)12-13-3-5-14(20)6-4-13/h3-6,9-11,15H,7-8,12H2,1-2H3. The molecule has 2 aromatic rings. The number of benzene rings is 2. The highest BCUT2D eigenvalue weighted by Crippen LogP contribution is 2.33. The molecule has 4 nitrogen and oxygen atoms in total. The molecule has 0 bridgehead atoms. The third kappa shape index (κ3) is 3.50. The van der Waals surface area contributed by atoms with Crippen LogP contribution < -0.4 is 9.47 Å². The number of amides is 1. The van der Waals surface area contributed by atoms with E-state index in [1.165, 1.54) is 12.1 Å². The Bertz CT molecular complexity index is 726. The first kappa shape index (κ1) is 16.3. The first-order chi connectivity index (χ1) is 11.6. The molecule has 1 aliphatic rings. The molecule has 1 amide bonds. The lowest BCUT2D eigenvalue weighted by Gasteiger charge is -2.24. The summed E-state index contributed by atoms with van der Waals surface area (Å²) in [5.74, 6) is 0.748. The summed E-state index contributed by atoms with van der Waals surface area (Å²) in [5.41, 5.74) is 1.38. The van der Waals surface area contributed by atoms with E-state index in [1.54, 1.807) is 44.6 Å². The fraction of sp³-hybridized carbons (Fsp3) is 0.316. The number of halogens is 1. The van der Waals surface area contributed by atoms with Crippen molar-refractivity contribution >= 4 is 5.91 Å². The van der Waals surface area contributed by atoms with Crippen LogP contribution in [0.2, 0.25) is 0 Å². The van der Waals surface area contributed by atoms with E-state index in [4.69, 9.17) is 9.47 Å². The maximum atomic E-state index is 13.1. The minimum absolute atomic E-state index is 0.0995. The van der Waals surface area contributed by atoms with E-state index < -0.39 is 0 Å². The molecule has 126 valence electrons. The molecule has 24 heavy (non-hydrogen) atoms. The van der Waals surface area contributed by atoms with Gasteiger partial charge in [-0.05, 0) is 48.7 Å². The minimum Gasteiger partial charge on any atom is -0.497 e. The summed E-state index contributed by atoms with van der Waals surface area (Å²) >= 11 is 0. The quantitative estimate of drug-likeness (QED) is 0.812. The molecule has 0 unspecified atom stereocenters. The fourth-order valence-corrected chi connectivity index (χ4v) is 2.68. The van der Waals surface area contributed by atoms with Crippen LogP contribution in [0.3, 0.4) is 0 Å². The zero-order chi connectivity index (χ0) is 17.1. The summed E-state index contributed by atoms with van der Waals surface area (Å²) in [6.45, 7) is 0.449. The van der Waals surface area contributed by atoms with Crippen LogP contribution in [-0.4, -0.2) is 31.1 Å². The third-order valence-corrected chi connectivity index (χ3v) is 4.15. The van der Waals surface area contributed by atoms with Crippen molar-refractivity contribution in [2.45, 2.75) is 25.4 Å². The lowest BCUT2D eigenvalue weighted by molar-refractivity contribution is 0.0726. The Balaban J connectivity index is 1.88. The minimum atomic E-state index is -0.280. The molecule has 0 spiro atoms. The Labute approximate surface area is 140 Å². The number of carbonyl (C=O) groups excluding carboxylic acids is 1. The molecule has 0 heterocycles. The van der Waals surface area contributed by atoms with Crippen LogP contribution in [0.5, 0.6) is 11.5 Å². The molecule has 1 saturated carbocycles. The second-order valence-electron chi connectivity index (χ2n) is 5.86. The summed E-state index contributed by atoms with van der Waals surface area (Å²) in [6, 6.07) is 11.7. The Kier molecular flexibility index (Phi) is 4.69. The second-order valence-corrected chi connectivity index (χ2v) is 5.86. The SMILES string of the molecule is COc1ccc(OC)c(C(=O)N(Cc2ccc(F)cc2)C2CC2)c1. The van der Waals surface area contributed by atoms with Crippen molar-refractivity contribution in [3.63, 3.8) is 0 Å². The molecular formula is C19H20FNO3. The molecular weight excluding hydrogens is 309 g/mol. The molecule has 0 radical (unpaired) electrons. The summed E-state index contributed by atoms with van der Waals surface area (Å²) < 4.78 is 23.6. The molecule has 3 rings (SSSR count).